The molecule has 2 aliphatic carbocycles. The number of nitrogens with two attached hydrogens (primary N) is 1. The van der Waals surface area contributed by atoms with Gasteiger partial charge in [-0.25, -0.2) is 4.79 Å². The number of aliphatic carboxylic acids is 1. The maximum Gasteiger partial charge on any atom is 0.365 e. The highest BCUT2D eigenvalue weighted by molar-refractivity contribution is 5.85. The van der Waals surface area contributed by atoms with E-state index in [4.69, 9.17) is 15.3 Å². The van der Waals surface area contributed by atoms with Crippen molar-refractivity contribution in [3.05, 3.63) is 0 Å². The zero-order valence-electron chi connectivity index (χ0n) is 8.43. The largest absolute Gasteiger partial charge is 0.477 e. The Labute approximate surface area is 94.7 Å². The molecule has 0 bridgehead atoms. The standard InChI is InChI=1S/C6H10.C3H7NO4.ClH/c1-2-6-4-3-5(1)6;4-1-3(7,8)2(5)6;/h5-6H,1-4H2;7-8H,1,4H2,(H,5,6);1H. The summed E-state index contributed by atoms with van der Waals surface area (Å²) in [4.78, 5) is 9.67. The van der Waals surface area contributed by atoms with Crippen molar-refractivity contribution in [3.8, 4) is 0 Å². The van der Waals surface area contributed by atoms with Crippen molar-refractivity contribution in [1.29, 1.82) is 0 Å². The first kappa shape index (κ1) is 14.6. The maximum absolute atomic E-state index is 9.67. The van der Waals surface area contributed by atoms with Gasteiger partial charge < -0.3 is 21.1 Å². The fourth-order valence-corrected chi connectivity index (χ4v) is 1.65. The van der Waals surface area contributed by atoms with E-state index in [0.717, 1.165) is 0 Å². The predicted molar refractivity (Wildman–Crippen MR) is 56.6 cm³/mol. The number of hydrogen-bond acceptors (Lipinski definition) is 4. The molecule has 0 aromatic carbocycles. The molecule has 0 aromatic heterocycles. The van der Waals surface area contributed by atoms with E-state index in [1.807, 2.05) is 0 Å². The Morgan fingerprint density at radius 3 is 1.53 bits per heavy atom. The molecule has 0 spiro atoms. The van der Waals surface area contributed by atoms with Crippen LogP contribution in [0.25, 0.3) is 0 Å². The van der Waals surface area contributed by atoms with Crippen LogP contribution in [-0.2, 0) is 4.79 Å². The van der Waals surface area contributed by atoms with Crippen LogP contribution in [0.2, 0.25) is 0 Å². The fourth-order valence-electron chi connectivity index (χ4n) is 1.65. The molecule has 2 rings (SSSR count). The number of carbonyl (C=O) groups is 1. The van der Waals surface area contributed by atoms with E-state index in [0.29, 0.717) is 0 Å². The zero-order valence-corrected chi connectivity index (χ0v) is 9.24. The highest BCUT2D eigenvalue weighted by atomic mass is 35.5. The highest BCUT2D eigenvalue weighted by Gasteiger charge is 2.37. The summed E-state index contributed by atoms with van der Waals surface area (Å²) in [5.41, 5.74) is 4.63. The molecular formula is C9H18ClNO4. The first-order valence-electron chi connectivity index (χ1n) is 4.85. The topological polar surface area (TPSA) is 104 Å². The summed E-state index contributed by atoms with van der Waals surface area (Å²) >= 11 is 0. The minimum atomic E-state index is -2.76. The van der Waals surface area contributed by atoms with Gasteiger partial charge in [0.2, 0.25) is 0 Å². The van der Waals surface area contributed by atoms with E-state index in [2.05, 4.69) is 5.73 Å². The number of aliphatic hydroxyl groups is 2. The molecule has 5 nitrogen and oxygen atoms in total. The van der Waals surface area contributed by atoms with Crippen molar-refractivity contribution in [2.45, 2.75) is 31.5 Å². The summed E-state index contributed by atoms with van der Waals surface area (Å²) in [5.74, 6) is -2.07. The summed E-state index contributed by atoms with van der Waals surface area (Å²) in [7, 11) is 0. The Kier molecular flexibility index (Phi) is 5.51. The molecule has 0 radical (unpaired) electrons. The van der Waals surface area contributed by atoms with Gasteiger partial charge >= 0.3 is 5.97 Å². The average Bonchev–Trinajstić information content (AvgIpc) is 2.12. The Morgan fingerprint density at radius 2 is 1.53 bits per heavy atom. The van der Waals surface area contributed by atoms with Crippen LogP contribution in [0.5, 0.6) is 0 Å². The van der Waals surface area contributed by atoms with Crippen molar-refractivity contribution in [2.75, 3.05) is 6.54 Å². The third-order valence-electron chi connectivity index (χ3n) is 3.11. The van der Waals surface area contributed by atoms with Crippen LogP contribution >= 0.6 is 12.4 Å². The Hall–Kier alpha value is -0.360. The number of carboxylic acid groups (broad SMARTS) is 1. The molecule has 0 saturated heterocycles. The molecule has 0 aromatic rings. The van der Waals surface area contributed by atoms with E-state index >= 15 is 0 Å². The van der Waals surface area contributed by atoms with Crippen LogP contribution in [-0.4, -0.2) is 33.6 Å². The Balaban J connectivity index is 0.000000249. The van der Waals surface area contributed by atoms with Gasteiger partial charge in [0.05, 0.1) is 6.54 Å². The number of rotatable bonds is 2. The predicted octanol–water partition coefficient (Wildman–Crippen LogP) is -0.0612. The molecule has 2 fully saturated rings. The van der Waals surface area contributed by atoms with E-state index in [-0.39, 0.29) is 12.4 Å². The van der Waals surface area contributed by atoms with E-state index in [9.17, 15) is 4.79 Å². The van der Waals surface area contributed by atoms with Crippen molar-refractivity contribution in [1.82, 2.24) is 0 Å². The molecule has 5 N–H and O–H groups in total. The molecule has 0 unspecified atom stereocenters. The van der Waals surface area contributed by atoms with Crippen LogP contribution in [0, 0.1) is 11.8 Å². The summed E-state index contributed by atoms with van der Waals surface area (Å²) in [6.45, 7) is -0.706. The van der Waals surface area contributed by atoms with Gasteiger partial charge in [-0.05, 0) is 37.5 Å². The first-order valence-corrected chi connectivity index (χ1v) is 4.85. The van der Waals surface area contributed by atoms with Crippen LogP contribution < -0.4 is 5.73 Å². The number of fused-ring (bicyclic) bond motifs is 1. The lowest BCUT2D eigenvalue weighted by Gasteiger charge is -2.46. The quantitative estimate of drug-likeness (QED) is 0.506. The summed E-state index contributed by atoms with van der Waals surface area (Å²) in [5, 5.41) is 24.3. The Morgan fingerprint density at radius 1 is 1.20 bits per heavy atom. The lowest BCUT2D eigenvalue weighted by molar-refractivity contribution is -0.199. The molecule has 2 saturated carbocycles. The van der Waals surface area contributed by atoms with Gasteiger partial charge in [-0.15, -0.1) is 12.4 Å². The zero-order chi connectivity index (χ0) is 10.8. The molecule has 2 aliphatic rings. The molecule has 0 aliphatic heterocycles. The van der Waals surface area contributed by atoms with Crippen LogP contribution in [0.4, 0.5) is 0 Å². The van der Waals surface area contributed by atoms with Crippen molar-refractivity contribution in [2.24, 2.45) is 17.6 Å². The lowest BCUT2D eigenvalue weighted by Crippen LogP contribution is -2.45. The Bertz CT molecular complexity index is 204. The van der Waals surface area contributed by atoms with Gasteiger partial charge in [0.1, 0.15) is 0 Å². The van der Waals surface area contributed by atoms with Crippen LogP contribution in [0.3, 0.4) is 0 Å². The molecule has 0 atom stereocenters. The SMILES string of the molecule is C1CC2CCC12.Cl.NCC(O)(O)C(=O)O. The lowest BCUT2D eigenvalue weighted by atomic mass is 9.60. The van der Waals surface area contributed by atoms with Gasteiger partial charge in [-0.3, -0.25) is 0 Å². The van der Waals surface area contributed by atoms with E-state index in [1.165, 1.54) is 11.8 Å². The van der Waals surface area contributed by atoms with Crippen LogP contribution in [0.1, 0.15) is 25.7 Å². The third-order valence-corrected chi connectivity index (χ3v) is 3.11. The van der Waals surface area contributed by atoms with Crippen molar-refractivity contribution >= 4 is 18.4 Å². The number of halogens is 1. The highest BCUT2D eigenvalue weighted by Crippen LogP contribution is 2.49. The molecule has 0 heterocycles. The molecular weight excluding hydrogens is 222 g/mol. The normalized spacial score (nSPS) is 26.9. The van der Waals surface area contributed by atoms with Crippen molar-refractivity contribution in [3.63, 3.8) is 0 Å². The molecule has 90 valence electrons. The van der Waals surface area contributed by atoms with Crippen LogP contribution in [0.15, 0.2) is 0 Å². The van der Waals surface area contributed by atoms with Gasteiger partial charge in [-0.2, -0.15) is 0 Å². The smallest absolute Gasteiger partial charge is 0.365 e. The van der Waals surface area contributed by atoms with Gasteiger partial charge in [-0.1, -0.05) is 0 Å². The second-order valence-electron chi connectivity index (χ2n) is 4.00. The summed E-state index contributed by atoms with van der Waals surface area (Å²) < 4.78 is 0. The van der Waals surface area contributed by atoms with Gasteiger partial charge in [0, 0.05) is 0 Å². The second-order valence-corrected chi connectivity index (χ2v) is 4.00. The fraction of sp³-hybridized carbons (Fsp3) is 0.889. The molecule has 0 amide bonds. The van der Waals surface area contributed by atoms with E-state index < -0.39 is 18.3 Å². The van der Waals surface area contributed by atoms with Crippen molar-refractivity contribution < 1.29 is 20.1 Å². The minimum absolute atomic E-state index is 0. The van der Waals surface area contributed by atoms with Gasteiger partial charge in [0.15, 0.2) is 0 Å². The molecule has 6 heteroatoms. The minimum Gasteiger partial charge on any atom is -0.477 e. The van der Waals surface area contributed by atoms with Gasteiger partial charge in [0.25, 0.3) is 5.79 Å². The summed E-state index contributed by atoms with van der Waals surface area (Å²) in [6, 6.07) is 0. The third kappa shape index (κ3) is 3.61. The number of hydrogen-bond donors (Lipinski definition) is 4. The second kappa shape index (κ2) is 5.65. The average molecular weight is 240 g/mol. The van der Waals surface area contributed by atoms with E-state index in [1.54, 1.807) is 25.7 Å². The monoisotopic (exact) mass is 239 g/mol. The first-order chi connectivity index (χ1) is 6.47. The molecule has 15 heavy (non-hydrogen) atoms. The maximum atomic E-state index is 9.67. The number of carboxylic acids is 1. The summed E-state index contributed by atoms with van der Waals surface area (Å²) in [6.07, 6.45) is 6.24.